The van der Waals surface area contributed by atoms with Crippen molar-refractivity contribution in [2.45, 2.75) is 56.6 Å². The molecule has 35 heavy (non-hydrogen) atoms. The SMILES string of the molecule is CC(C)(Nc1nc(Cl)nc2c1CN(S(=O)(=O)C1CCNCC1)CC2)c1cc(N)cc(C(F)(F)F)c1. The first-order valence-corrected chi connectivity index (χ1v) is 13.2. The number of hydrogen-bond donors (Lipinski definition) is 3. The van der Waals surface area contributed by atoms with Crippen LogP contribution in [0.25, 0.3) is 0 Å². The van der Waals surface area contributed by atoms with Gasteiger partial charge in [0.1, 0.15) is 5.82 Å². The second-order valence-corrected chi connectivity index (χ2v) is 12.0. The third kappa shape index (κ3) is 5.50. The molecule has 0 aliphatic carbocycles. The molecule has 192 valence electrons. The van der Waals surface area contributed by atoms with Gasteiger partial charge in [-0.25, -0.2) is 18.4 Å². The van der Waals surface area contributed by atoms with Gasteiger partial charge in [0.05, 0.1) is 22.0 Å². The van der Waals surface area contributed by atoms with Gasteiger partial charge in [0, 0.05) is 30.8 Å². The summed E-state index contributed by atoms with van der Waals surface area (Å²) in [4.78, 5) is 8.56. The predicted octanol–water partition coefficient (Wildman–Crippen LogP) is 3.52. The van der Waals surface area contributed by atoms with Gasteiger partial charge in [-0.3, -0.25) is 0 Å². The maximum atomic E-state index is 13.4. The molecule has 1 aromatic carbocycles. The van der Waals surface area contributed by atoms with Gasteiger partial charge in [0.25, 0.3) is 0 Å². The molecule has 2 aromatic rings. The first-order chi connectivity index (χ1) is 16.3. The molecule has 0 unspecified atom stereocenters. The van der Waals surface area contributed by atoms with Gasteiger partial charge in [0.2, 0.25) is 15.3 Å². The molecule has 3 heterocycles. The minimum atomic E-state index is -4.55. The Balaban J connectivity index is 1.66. The van der Waals surface area contributed by atoms with E-state index in [0.29, 0.717) is 49.2 Å². The van der Waals surface area contributed by atoms with Crippen molar-refractivity contribution >= 4 is 33.1 Å². The first-order valence-electron chi connectivity index (χ1n) is 11.3. The number of nitrogens with two attached hydrogens (primary N) is 1. The normalized spacial score (nSPS) is 18.3. The number of halogens is 4. The van der Waals surface area contributed by atoms with Gasteiger partial charge in [-0.15, -0.1) is 0 Å². The fourth-order valence-corrected chi connectivity index (χ4v) is 6.62. The highest BCUT2D eigenvalue weighted by atomic mass is 35.5. The number of piperidine rings is 1. The third-order valence-electron chi connectivity index (χ3n) is 6.50. The monoisotopic (exact) mass is 532 g/mol. The summed E-state index contributed by atoms with van der Waals surface area (Å²) < 4.78 is 68.1. The molecule has 2 aliphatic rings. The minimum Gasteiger partial charge on any atom is -0.399 e. The highest BCUT2D eigenvalue weighted by Crippen LogP contribution is 2.37. The summed E-state index contributed by atoms with van der Waals surface area (Å²) in [6.45, 7) is 5.01. The smallest absolute Gasteiger partial charge is 0.399 e. The number of nitrogen functional groups attached to an aromatic ring is 1. The first kappa shape index (κ1) is 25.9. The Morgan fingerprint density at radius 1 is 1.14 bits per heavy atom. The van der Waals surface area contributed by atoms with E-state index in [1.165, 1.54) is 10.4 Å². The molecule has 1 aromatic heterocycles. The minimum absolute atomic E-state index is 0.0216. The van der Waals surface area contributed by atoms with Crippen LogP contribution in [0.5, 0.6) is 0 Å². The average Bonchev–Trinajstić information content (AvgIpc) is 2.78. The van der Waals surface area contributed by atoms with Crippen molar-refractivity contribution in [2.75, 3.05) is 30.7 Å². The maximum Gasteiger partial charge on any atom is 0.416 e. The van der Waals surface area contributed by atoms with E-state index in [1.807, 2.05) is 0 Å². The summed E-state index contributed by atoms with van der Waals surface area (Å²) in [5, 5.41) is 5.86. The average molecular weight is 533 g/mol. The Morgan fingerprint density at radius 2 is 1.80 bits per heavy atom. The lowest BCUT2D eigenvalue weighted by Gasteiger charge is -2.35. The molecular formula is C22H28ClF3N6O2S. The molecule has 0 bridgehead atoms. The lowest BCUT2D eigenvalue weighted by molar-refractivity contribution is -0.137. The number of sulfonamides is 1. The highest BCUT2D eigenvalue weighted by molar-refractivity contribution is 7.89. The maximum absolute atomic E-state index is 13.4. The van der Waals surface area contributed by atoms with Crippen LogP contribution >= 0.6 is 11.6 Å². The topological polar surface area (TPSA) is 113 Å². The summed E-state index contributed by atoms with van der Waals surface area (Å²) >= 11 is 6.15. The molecular weight excluding hydrogens is 505 g/mol. The Morgan fingerprint density at radius 3 is 2.46 bits per heavy atom. The summed E-state index contributed by atoms with van der Waals surface area (Å²) in [6, 6.07) is 3.38. The van der Waals surface area contributed by atoms with E-state index in [2.05, 4.69) is 20.6 Å². The Hall–Kier alpha value is -2.15. The number of aromatic nitrogens is 2. The Labute approximate surface area is 207 Å². The fourth-order valence-electron chi connectivity index (χ4n) is 4.53. The molecule has 0 amide bonds. The van der Waals surface area contributed by atoms with E-state index >= 15 is 0 Å². The molecule has 0 saturated carbocycles. The van der Waals surface area contributed by atoms with Crippen molar-refractivity contribution in [3.05, 3.63) is 45.9 Å². The molecule has 1 saturated heterocycles. The predicted molar refractivity (Wildman–Crippen MR) is 128 cm³/mol. The van der Waals surface area contributed by atoms with Crippen LogP contribution in [0.3, 0.4) is 0 Å². The van der Waals surface area contributed by atoms with E-state index in [-0.39, 0.29) is 29.9 Å². The quantitative estimate of drug-likeness (QED) is 0.399. The lowest BCUT2D eigenvalue weighted by Crippen LogP contribution is -2.46. The molecule has 4 N–H and O–H groups in total. The fraction of sp³-hybridized carbons (Fsp3) is 0.545. The molecule has 0 spiro atoms. The van der Waals surface area contributed by atoms with E-state index < -0.39 is 32.6 Å². The van der Waals surface area contributed by atoms with Crippen LogP contribution in [-0.4, -0.2) is 47.6 Å². The number of hydrogen-bond acceptors (Lipinski definition) is 7. The van der Waals surface area contributed by atoms with Gasteiger partial charge < -0.3 is 16.4 Å². The zero-order valence-electron chi connectivity index (χ0n) is 19.4. The summed E-state index contributed by atoms with van der Waals surface area (Å²) in [5.41, 5.74) is 5.31. The molecule has 0 atom stereocenters. The summed E-state index contributed by atoms with van der Waals surface area (Å²) in [7, 11) is -3.54. The van der Waals surface area contributed by atoms with E-state index in [9.17, 15) is 21.6 Å². The second kappa shape index (κ2) is 9.38. The Kier molecular flexibility index (Phi) is 6.95. The number of nitrogens with one attached hydrogen (secondary N) is 2. The number of alkyl halides is 3. The number of fused-ring (bicyclic) bond motifs is 1. The molecule has 1 fully saturated rings. The van der Waals surface area contributed by atoms with Crippen molar-refractivity contribution in [3.8, 4) is 0 Å². The second-order valence-electron chi connectivity index (χ2n) is 9.44. The van der Waals surface area contributed by atoms with Crippen LogP contribution in [0.15, 0.2) is 18.2 Å². The van der Waals surface area contributed by atoms with Crippen molar-refractivity contribution in [1.29, 1.82) is 0 Å². The Bertz CT molecular complexity index is 1220. The van der Waals surface area contributed by atoms with Gasteiger partial charge in [0.15, 0.2) is 0 Å². The standard InChI is InChI=1S/C22H28ClF3N6O2S/c1-21(2,13-9-14(22(24,25)26)11-15(27)10-13)31-19-17-12-32(8-5-18(17)29-20(23)30-19)35(33,34)16-3-6-28-7-4-16/h9-11,16,28H,3-8,12,27H2,1-2H3,(H,29,30,31). The van der Waals surface area contributed by atoms with Crippen molar-refractivity contribution in [2.24, 2.45) is 0 Å². The van der Waals surface area contributed by atoms with Crippen LogP contribution in [0, 0.1) is 0 Å². The van der Waals surface area contributed by atoms with E-state index in [1.54, 1.807) is 13.8 Å². The molecule has 2 aliphatic heterocycles. The van der Waals surface area contributed by atoms with Crippen LogP contribution in [0.1, 0.15) is 49.1 Å². The van der Waals surface area contributed by atoms with E-state index in [0.717, 1.165) is 12.1 Å². The summed E-state index contributed by atoms with van der Waals surface area (Å²) in [6.07, 6.45) is -3.12. The number of rotatable bonds is 5. The summed E-state index contributed by atoms with van der Waals surface area (Å²) in [5.74, 6) is 0.284. The zero-order valence-corrected chi connectivity index (χ0v) is 21.0. The van der Waals surface area contributed by atoms with Crippen LogP contribution < -0.4 is 16.4 Å². The van der Waals surface area contributed by atoms with Gasteiger partial charge in [-0.1, -0.05) is 0 Å². The van der Waals surface area contributed by atoms with Crippen LogP contribution in [-0.2, 0) is 34.7 Å². The molecule has 4 rings (SSSR count). The van der Waals surface area contributed by atoms with Crippen molar-refractivity contribution in [3.63, 3.8) is 0 Å². The van der Waals surface area contributed by atoms with Crippen molar-refractivity contribution in [1.82, 2.24) is 19.6 Å². The van der Waals surface area contributed by atoms with Crippen LogP contribution in [0.4, 0.5) is 24.7 Å². The highest BCUT2D eigenvalue weighted by Gasteiger charge is 2.37. The number of benzene rings is 1. The van der Waals surface area contributed by atoms with Gasteiger partial charge >= 0.3 is 6.18 Å². The lowest BCUT2D eigenvalue weighted by atomic mass is 9.91. The van der Waals surface area contributed by atoms with Gasteiger partial charge in [-0.05, 0) is 75.1 Å². The molecule has 0 radical (unpaired) electrons. The zero-order chi connectivity index (χ0) is 25.6. The molecule has 13 heteroatoms. The van der Waals surface area contributed by atoms with Gasteiger partial charge in [-0.2, -0.15) is 17.5 Å². The number of anilines is 2. The van der Waals surface area contributed by atoms with Crippen LogP contribution in [0.2, 0.25) is 5.28 Å². The number of nitrogens with zero attached hydrogens (tertiary/aromatic N) is 3. The van der Waals surface area contributed by atoms with E-state index in [4.69, 9.17) is 17.3 Å². The molecule has 8 nitrogen and oxygen atoms in total. The largest absolute Gasteiger partial charge is 0.416 e. The van der Waals surface area contributed by atoms with Crippen molar-refractivity contribution < 1.29 is 21.6 Å². The third-order valence-corrected chi connectivity index (χ3v) is 9.01.